The molecule has 2 rings (SSSR count). The zero-order valence-corrected chi connectivity index (χ0v) is 8.32. The van der Waals surface area contributed by atoms with E-state index in [9.17, 15) is 0 Å². The number of methoxy groups -OCH3 is 1. The number of aromatic nitrogens is 1. The summed E-state index contributed by atoms with van der Waals surface area (Å²) in [7, 11) is 1.61. The summed E-state index contributed by atoms with van der Waals surface area (Å²) < 4.78 is 16.0. The molecular weight excluding hydrogens is 182 g/mol. The molecule has 0 aliphatic carbocycles. The van der Waals surface area contributed by atoms with E-state index < -0.39 is 5.79 Å². The Bertz CT molecular complexity index is 304. The molecule has 4 nitrogen and oxygen atoms in total. The minimum absolute atomic E-state index is 0.615. The highest BCUT2D eigenvalue weighted by atomic mass is 16.7. The van der Waals surface area contributed by atoms with Crippen molar-refractivity contribution in [2.24, 2.45) is 0 Å². The Morgan fingerprint density at radius 1 is 1.36 bits per heavy atom. The molecule has 0 radical (unpaired) electrons. The summed E-state index contributed by atoms with van der Waals surface area (Å²) in [4.78, 5) is 4.23. The molecule has 1 aromatic rings. The Hall–Kier alpha value is -1.13. The van der Waals surface area contributed by atoms with Crippen molar-refractivity contribution in [2.75, 3.05) is 20.3 Å². The largest absolute Gasteiger partial charge is 0.495 e. The lowest BCUT2D eigenvalue weighted by Crippen LogP contribution is -2.23. The summed E-state index contributed by atoms with van der Waals surface area (Å²) in [5.41, 5.74) is 0.774. The maximum absolute atomic E-state index is 5.47. The lowest BCUT2D eigenvalue weighted by Gasteiger charge is -2.21. The number of rotatable bonds is 2. The maximum Gasteiger partial charge on any atom is 0.209 e. The molecule has 1 fully saturated rings. The van der Waals surface area contributed by atoms with Crippen molar-refractivity contribution >= 4 is 0 Å². The van der Waals surface area contributed by atoms with Crippen LogP contribution < -0.4 is 4.74 Å². The van der Waals surface area contributed by atoms with E-state index in [2.05, 4.69) is 4.98 Å². The quantitative estimate of drug-likeness (QED) is 0.713. The molecule has 1 aliphatic rings. The normalized spacial score (nSPS) is 19.6. The standard InChI is InChI=1S/C10H13NO3/c1-10(13-5-6-14-10)9-4-3-8(12-2)7-11-9/h3-4,7H,5-6H2,1-2H3. The molecule has 1 aromatic heterocycles. The van der Waals surface area contributed by atoms with Crippen LogP contribution in [0.2, 0.25) is 0 Å². The number of pyridine rings is 1. The smallest absolute Gasteiger partial charge is 0.209 e. The van der Waals surface area contributed by atoms with Crippen molar-refractivity contribution in [3.63, 3.8) is 0 Å². The first-order chi connectivity index (χ1) is 6.74. The van der Waals surface area contributed by atoms with E-state index >= 15 is 0 Å². The van der Waals surface area contributed by atoms with Gasteiger partial charge in [0, 0.05) is 0 Å². The van der Waals surface area contributed by atoms with Crippen LogP contribution in [0.5, 0.6) is 5.75 Å². The van der Waals surface area contributed by atoms with Gasteiger partial charge in [0.2, 0.25) is 5.79 Å². The summed E-state index contributed by atoms with van der Waals surface area (Å²) in [6.07, 6.45) is 1.66. The van der Waals surface area contributed by atoms with E-state index in [0.29, 0.717) is 13.2 Å². The van der Waals surface area contributed by atoms with Gasteiger partial charge >= 0.3 is 0 Å². The van der Waals surface area contributed by atoms with Crippen LogP contribution >= 0.6 is 0 Å². The van der Waals surface area contributed by atoms with E-state index in [1.54, 1.807) is 13.3 Å². The van der Waals surface area contributed by atoms with Crippen LogP contribution in [0.4, 0.5) is 0 Å². The topological polar surface area (TPSA) is 40.6 Å². The fourth-order valence-corrected chi connectivity index (χ4v) is 1.43. The monoisotopic (exact) mass is 195 g/mol. The first-order valence-electron chi connectivity index (χ1n) is 4.53. The number of ether oxygens (including phenoxy) is 3. The first kappa shape index (κ1) is 9.43. The van der Waals surface area contributed by atoms with Gasteiger partial charge in [0.15, 0.2) is 0 Å². The highest BCUT2D eigenvalue weighted by Crippen LogP contribution is 2.29. The molecule has 14 heavy (non-hydrogen) atoms. The molecule has 0 bridgehead atoms. The minimum atomic E-state index is -0.688. The van der Waals surface area contributed by atoms with E-state index in [4.69, 9.17) is 14.2 Å². The van der Waals surface area contributed by atoms with Gasteiger partial charge in [0.05, 0.1) is 32.2 Å². The van der Waals surface area contributed by atoms with Crippen LogP contribution in [0.3, 0.4) is 0 Å². The van der Waals surface area contributed by atoms with E-state index in [-0.39, 0.29) is 0 Å². The molecule has 0 atom stereocenters. The van der Waals surface area contributed by atoms with Gasteiger partial charge in [-0.3, -0.25) is 4.98 Å². The summed E-state index contributed by atoms with van der Waals surface area (Å²) >= 11 is 0. The molecule has 1 aliphatic heterocycles. The van der Waals surface area contributed by atoms with Gasteiger partial charge in [0.25, 0.3) is 0 Å². The van der Waals surface area contributed by atoms with Crippen LogP contribution in [0.15, 0.2) is 18.3 Å². The van der Waals surface area contributed by atoms with Crippen LogP contribution in [-0.2, 0) is 15.3 Å². The highest BCUT2D eigenvalue weighted by molar-refractivity contribution is 5.21. The van der Waals surface area contributed by atoms with Crippen LogP contribution in [0, 0.1) is 0 Å². The minimum Gasteiger partial charge on any atom is -0.495 e. The van der Waals surface area contributed by atoms with Crippen LogP contribution in [0.1, 0.15) is 12.6 Å². The molecule has 76 valence electrons. The summed E-state index contributed by atoms with van der Waals surface area (Å²) in [6.45, 7) is 3.10. The molecule has 2 heterocycles. The van der Waals surface area contributed by atoms with E-state index in [1.165, 1.54) is 0 Å². The summed E-state index contributed by atoms with van der Waals surface area (Å²) in [6, 6.07) is 3.70. The van der Waals surface area contributed by atoms with Crippen molar-refractivity contribution in [3.8, 4) is 5.75 Å². The Balaban J connectivity index is 2.23. The molecule has 0 spiro atoms. The average Bonchev–Trinajstić information content (AvgIpc) is 2.67. The molecule has 0 N–H and O–H groups in total. The van der Waals surface area contributed by atoms with Gasteiger partial charge in [-0.05, 0) is 19.1 Å². The summed E-state index contributed by atoms with van der Waals surface area (Å²) in [5.74, 6) is 0.0436. The Morgan fingerprint density at radius 2 is 2.07 bits per heavy atom. The van der Waals surface area contributed by atoms with Crippen molar-refractivity contribution < 1.29 is 14.2 Å². The van der Waals surface area contributed by atoms with Crippen LogP contribution in [0.25, 0.3) is 0 Å². The van der Waals surface area contributed by atoms with Gasteiger partial charge < -0.3 is 14.2 Å². The Morgan fingerprint density at radius 3 is 2.57 bits per heavy atom. The Kier molecular flexibility index (Phi) is 2.39. The number of hydrogen-bond acceptors (Lipinski definition) is 4. The predicted octanol–water partition coefficient (Wildman–Crippen LogP) is 1.31. The van der Waals surface area contributed by atoms with Crippen molar-refractivity contribution in [1.29, 1.82) is 0 Å². The second-order valence-corrected chi connectivity index (χ2v) is 3.23. The highest BCUT2D eigenvalue weighted by Gasteiger charge is 2.34. The zero-order chi connectivity index (χ0) is 10.0. The fraction of sp³-hybridized carbons (Fsp3) is 0.500. The van der Waals surface area contributed by atoms with Gasteiger partial charge in [0.1, 0.15) is 5.75 Å². The second-order valence-electron chi connectivity index (χ2n) is 3.23. The molecule has 0 unspecified atom stereocenters. The SMILES string of the molecule is COc1ccc(C2(C)OCCO2)nc1. The lowest BCUT2D eigenvalue weighted by molar-refractivity contribution is -0.152. The van der Waals surface area contributed by atoms with Gasteiger partial charge in [-0.15, -0.1) is 0 Å². The van der Waals surface area contributed by atoms with Crippen LogP contribution in [-0.4, -0.2) is 25.3 Å². The second kappa shape index (κ2) is 3.55. The van der Waals surface area contributed by atoms with E-state index in [1.807, 2.05) is 19.1 Å². The van der Waals surface area contributed by atoms with Crippen molar-refractivity contribution in [3.05, 3.63) is 24.0 Å². The lowest BCUT2D eigenvalue weighted by atomic mass is 10.2. The molecule has 4 heteroatoms. The number of nitrogens with zero attached hydrogens (tertiary/aromatic N) is 1. The van der Waals surface area contributed by atoms with Gasteiger partial charge in [-0.2, -0.15) is 0 Å². The Labute approximate surface area is 82.8 Å². The third-order valence-corrected chi connectivity index (χ3v) is 2.28. The molecule has 0 amide bonds. The molecule has 0 aromatic carbocycles. The van der Waals surface area contributed by atoms with Gasteiger partial charge in [-0.1, -0.05) is 0 Å². The van der Waals surface area contributed by atoms with Crippen molar-refractivity contribution in [1.82, 2.24) is 4.98 Å². The summed E-state index contributed by atoms with van der Waals surface area (Å²) in [5, 5.41) is 0. The third-order valence-electron chi connectivity index (χ3n) is 2.28. The average molecular weight is 195 g/mol. The van der Waals surface area contributed by atoms with E-state index in [0.717, 1.165) is 11.4 Å². The fourth-order valence-electron chi connectivity index (χ4n) is 1.43. The van der Waals surface area contributed by atoms with Gasteiger partial charge in [-0.25, -0.2) is 0 Å². The van der Waals surface area contributed by atoms with Crippen molar-refractivity contribution in [2.45, 2.75) is 12.7 Å². The molecular formula is C10H13NO3. The first-order valence-corrected chi connectivity index (χ1v) is 4.53. The predicted molar refractivity (Wildman–Crippen MR) is 50.0 cm³/mol. The molecule has 1 saturated heterocycles. The zero-order valence-electron chi connectivity index (χ0n) is 8.32. The maximum atomic E-state index is 5.47. The third kappa shape index (κ3) is 1.58. The number of hydrogen-bond donors (Lipinski definition) is 0. The molecule has 0 saturated carbocycles.